The lowest BCUT2D eigenvalue weighted by molar-refractivity contribution is -0.922. The molecule has 1 aliphatic rings. The normalized spacial score (nSPS) is 15.8. The number of hydrogen-bond acceptors (Lipinski definition) is 0. The SMILES string of the molecule is CC[NH+](CC(C)Br)C1c2ccccc2-c2ccccc21.[Br-]. The molecule has 1 N–H and O–H groups in total. The lowest BCUT2D eigenvalue weighted by Crippen LogP contribution is -3.12. The molecular weight excluding hydrogens is 390 g/mol. The number of quaternary nitrogens is 1. The highest BCUT2D eigenvalue weighted by atomic mass is 79.9. The lowest BCUT2D eigenvalue weighted by Gasteiger charge is -2.27. The molecule has 0 bridgehead atoms. The van der Waals surface area contributed by atoms with E-state index in [9.17, 15) is 0 Å². The first kappa shape index (κ1) is 16.7. The summed E-state index contributed by atoms with van der Waals surface area (Å²) in [6.07, 6.45) is 0. The van der Waals surface area contributed by atoms with Gasteiger partial charge in [-0.15, -0.1) is 0 Å². The van der Waals surface area contributed by atoms with E-state index in [2.05, 4.69) is 78.3 Å². The molecule has 0 heterocycles. The molecule has 1 nitrogen and oxygen atoms in total. The van der Waals surface area contributed by atoms with Gasteiger partial charge in [-0.3, -0.25) is 0 Å². The summed E-state index contributed by atoms with van der Waals surface area (Å²) in [6, 6.07) is 18.2. The summed E-state index contributed by atoms with van der Waals surface area (Å²) in [5, 5.41) is 0. The summed E-state index contributed by atoms with van der Waals surface area (Å²) >= 11 is 3.72. The van der Waals surface area contributed by atoms with Crippen LogP contribution in [0.2, 0.25) is 0 Å². The van der Waals surface area contributed by atoms with Crippen molar-refractivity contribution in [1.82, 2.24) is 0 Å². The van der Waals surface area contributed by atoms with E-state index in [1.54, 1.807) is 4.90 Å². The third-order valence-electron chi connectivity index (χ3n) is 4.24. The number of alkyl halides is 1. The zero-order chi connectivity index (χ0) is 14.1. The summed E-state index contributed by atoms with van der Waals surface area (Å²) in [5.41, 5.74) is 5.81. The van der Waals surface area contributed by atoms with Gasteiger partial charge in [-0.2, -0.15) is 0 Å². The van der Waals surface area contributed by atoms with Gasteiger partial charge in [-0.25, -0.2) is 0 Å². The molecule has 3 heteroatoms. The quantitative estimate of drug-likeness (QED) is 0.698. The molecule has 0 amide bonds. The largest absolute Gasteiger partial charge is 1.00 e. The molecule has 2 aromatic rings. The lowest BCUT2D eigenvalue weighted by atomic mass is 10.0. The van der Waals surface area contributed by atoms with Crippen LogP contribution in [0.15, 0.2) is 48.5 Å². The van der Waals surface area contributed by atoms with Crippen LogP contribution in [-0.2, 0) is 0 Å². The summed E-state index contributed by atoms with van der Waals surface area (Å²) < 4.78 is 0. The Morgan fingerprint density at radius 3 is 1.90 bits per heavy atom. The second-order valence-corrected chi connectivity index (χ2v) is 7.17. The van der Waals surface area contributed by atoms with E-state index in [-0.39, 0.29) is 17.0 Å². The van der Waals surface area contributed by atoms with Crippen LogP contribution in [0.1, 0.15) is 31.0 Å². The molecule has 112 valence electrons. The predicted octanol–water partition coefficient (Wildman–Crippen LogP) is 0.449. The van der Waals surface area contributed by atoms with Crippen molar-refractivity contribution in [3.63, 3.8) is 0 Å². The first-order valence-electron chi connectivity index (χ1n) is 7.39. The van der Waals surface area contributed by atoms with Crippen molar-refractivity contribution in [2.45, 2.75) is 24.7 Å². The molecule has 0 aromatic heterocycles. The Balaban J connectivity index is 0.00000161. The van der Waals surface area contributed by atoms with Gasteiger partial charge in [0.2, 0.25) is 0 Å². The maximum Gasteiger partial charge on any atom is 0.140 e. The van der Waals surface area contributed by atoms with E-state index < -0.39 is 0 Å². The van der Waals surface area contributed by atoms with Crippen molar-refractivity contribution in [3.05, 3.63) is 59.7 Å². The van der Waals surface area contributed by atoms with Crippen molar-refractivity contribution in [1.29, 1.82) is 0 Å². The third kappa shape index (κ3) is 3.10. The van der Waals surface area contributed by atoms with Gasteiger partial charge in [0.25, 0.3) is 0 Å². The van der Waals surface area contributed by atoms with Gasteiger partial charge in [-0.05, 0) is 25.0 Å². The van der Waals surface area contributed by atoms with E-state index in [1.165, 1.54) is 22.3 Å². The maximum atomic E-state index is 3.72. The maximum absolute atomic E-state index is 3.72. The summed E-state index contributed by atoms with van der Waals surface area (Å²) in [5.74, 6) is 0. The topological polar surface area (TPSA) is 4.44 Å². The van der Waals surface area contributed by atoms with E-state index in [1.807, 2.05) is 0 Å². The zero-order valence-electron chi connectivity index (χ0n) is 12.4. The average Bonchev–Trinajstić information content (AvgIpc) is 2.79. The molecule has 0 radical (unpaired) electrons. The van der Waals surface area contributed by atoms with Crippen LogP contribution in [0.25, 0.3) is 11.1 Å². The van der Waals surface area contributed by atoms with Gasteiger partial charge in [0.15, 0.2) is 0 Å². The molecule has 0 fully saturated rings. The Morgan fingerprint density at radius 1 is 1.00 bits per heavy atom. The van der Waals surface area contributed by atoms with Crippen LogP contribution in [0.4, 0.5) is 0 Å². The number of nitrogens with one attached hydrogen (secondary N) is 1. The molecule has 2 atom stereocenters. The van der Waals surface area contributed by atoms with Gasteiger partial charge < -0.3 is 21.9 Å². The summed E-state index contributed by atoms with van der Waals surface area (Å²) in [4.78, 5) is 2.17. The van der Waals surface area contributed by atoms with Crippen molar-refractivity contribution in [2.75, 3.05) is 13.1 Å². The monoisotopic (exact) mass is 409 g/mol. The molecule has 0 saturated heterocycles. The van der Waals surface area contributed by atoms with E-state index >= 15 is 0 Å². The minimum absolute atomic E-state index is 0. The van der Waals surface area contributed by atoms with Crippen LogP contribution < -0.4 is 21.9 Å². The van der Waals surface area contributed by atoms with Crippen molar-refractivity contribution < 1.29 is 21.9 Å². The Hall–Kier alpha value is -0.640. The highest BCUT2D eigenvalue weighted by Crippen LogP contribution is 2.41. The fourth-order valence-electron chi connectivity index (χ4n) is 3.42. The van der Waals surface area contributed by atoms with Crippen LogP contribution >= 0.6 is 15.9 Å². The van der Waals surface area contributed by atoms with Gasteiger partial charge >= 0.3 is 0 Å². The first-order valence-corrected chi connectivity index (χ1v) is 8.30. The van der Waals surface area contributed by atoms with E-state index in [4.69, 9.17) is 0 Å². The highest BCUT2D eigenvalue weighted by molar-refractivity contribution is 9.09. The van der Waals surface area contributed by atoms with Gasteiger partial charge in [-0.1, -0.05) is 64.5 Å². The van der Waals surface area contributed by atoms with Crippen LogP contribution in [-0.4, -0.2) is 17.9 Å². The zero-order valence-corrected chi connectivity index (χ0v) is 15.6. The number of fused-ring (bicyclic) bond motifs is 3. The number of benzene rings is 2. The second kappa shape index (κ2) is 7.08. The molecule has 2 unspecified atom stereocenters. The standard InChI is InChI=1S/C18H20BrN.BrH/c1-3-20(12-13(2)19)18-16-10-6-4-8-14(16)15-9-5-7-11-17(15)18;/h4-11,13,18H,3,12H2,1-2H3;1H. The number of halogens is 2. The fraction of sp³-hybridized carbons (Fsp3) is 0.333. The highest BCUT2D eigenvalue weighted by Gasteiger charge is 2.35. The molecule has 0 spiro atoms. The van der Waals surface area contributed by atoms with Crippen LogP contribution in [0.3, 0.4) is 0 Å². The third-order valence-corrected chi connectivity index (χ3v) is 4.56. The average molecular weight is 411 g/mol. The molecule has 21 heavy (non-hydrogen) atoms. The number of rotatable bonds is 4. The Bertz CT molecular complexity index is 564. The van der Waals surface area contributed by atoms with Crippen LogP contribution in [0.5, 0.6) is 0 Å². The Kier molecular flexibility index (Phi) is 5.64. The smallest absolute Gasteiger partial charge is 0.140 e. The molecule has 3 rings (SSSR count). The van der Waals surface area contributed by atoms with Gasteiger partial charge in [0.1, 0.15) is 6.04 Å². The van der Waals surface area contributed by atoms with Crippen molar-refractivity contribution in [2.24, 2.45) is 0 Å². The predicted molar refractivity (Wildman–Crippen MR) is 88.5 cm³/mol. The fourth-order valence-corrected chi connectivity index (χ4v) is 3.84. The first-order chi connectivity index (χ1) is 9.72. The number of hydrogen-bond donors (Lipinski definition) is 1. The molecule has 2 aromatic carbocycles. The second-order valence-electron chi connectivity index (χ2n) is 5.60. The molecule has 1 aliphatic carbocycles. The van der Waals surface area contributed by atoms with Gasteiger partial charge in [0, 0.05) is 11.1 Å². The van der Waals surface area contributed by atoms with E-state index in [0.717, 1.165) is 13.1 Å². The Morgan fingerprint density at radius 2 is 1.48 bits per heavy atom. The van der Waals surface area contributed by atoms with Crippen LogP contribution in [0, 0.1) is 0 Å². The van der Waals surface area contributed by atoms with Crippen molar-refractivity contribution in [3.8, 4) is 11.1 Å². The van der Waals surface area contributed by atoms with E-state index in [0.29, 0.717) is 10.9 Å². The summed E-state index contributed by atoms with van der Waals surface area (Å²) in [6.45, 7) is 6.81. The summed E-state index contributed by atoms with van der Waals surface area (Å²) in [7, 11) is 0. The molecule has 0 aliphatic heterocycles. The van der Waals surface area contributed by atoms with Gasteiger partial charge in [0.05, 0.1) is 17.9 Å². The Labute approximate surface area is 146 Å². The minimum Gasteiger partial charge on any atom is -1.00 e. The molecular formula is C18H21Br2N. The molecule has 0 saturated carbocycles. The minimum atomic E-state index is 0. The van der Waals surface area contributed by atoms with Crippen molar-refractivity contribution >= 4 is 15.9 Å².